The third-order valence-electron chi connectivity index (χ3n) is 3.61. The zero-order valence-corrected chi connectivity index (χ0v) is 15.6. The van der Waals surface area contributed by atoms with Crippen molar-refractivity contribution in [2.24, 2.45) is 0 Å². The number of carbonyl (C=O) groups is 1. The van der Waals surface area contributed by atoms with E-state index in [0.717, 1.165) is 23.1 Å². The van der Waals surface area contributed by atoms with E-state index in [2.05, 4.69) is 4.98 Å². The zero-order chi connectivity index (χ0) is 19.1. The molecule has 0 spiro atoms. The summed E-state index contributed by atoms with van der Waals surface area (Å²) in [7, 11) is -0.740. The maximum absolute atomic E-state index is 12.8. The Bertz CT molecular complexity index is 1000. The molecule has 0 aliphatic rings. The second-order valence-corrected chi connectivity index (χ2v) is 8.24. The maximum Gasteiger partial charge on any atom is 0.391 e. The summed E-state index contributed by atoms with van der Waals surface area (Å²) >= 11 is 0.992. The molecule has 26 heavy (non-hydrogen) atoms. The number of hydrogen-bond acceptors (Lipinski definition) is 7. The van der Waals surface area contributed by atoms with Gasteiger partial charge in [-0.1, -0.05) is 11.3 Å². The first-order valence-corrected chi connectivity index (χ1v) is 9.84. The Hall–Kier alpha value is -2.45. The van der Waals surface area contributed by atoms with Crippen LogP contribution in [0.3, 0.4) is 0 Å². The Labute approximate surface area is 153 Å². The predicted molar refractivity (Wildman–Crippen MR) is 100 cm³/mol. The Morgan fingerprint density at radius 3 is 2.38 bits per heavy atom. The molecule has 2 heterocycles. The number of nitrogens with two attached hydrogens (primary N) is 1. The molecule has 0 radical (unpaired) electrons. The average molecular weight is 393 g/mol. The van der Waals surface area contributed by atoms with E-state index in [1.807, 2.05) is 31.1 Å². The molecule has 10 heteroatoms. The van der Waals surface area contributed by atoms with E-state index < -0.39 is 13.1 Å². The van der Waals surface area contributed by atoms with E-state index in [-0.39, 0.29) is 27.2 Å². The minimum atomic E-state index is -4.53. The van der Waals surface area contributed by atoms with Crippen LogP contribution >= 0.6 is 18.9 Å². The van der Waals surface area contributed by atoms with Gasteiger partial charge in [0.05, 0.1) is 0 Å². The Balaban J connectivity index is 2.00. The van der Waals surface area contributed by atoms with E-state index >= 15 is 0 Å². The van der Waals surface area contributed by atoms with Crippen molar-refractivity contribution in [3.63, 3.8) is 0 Å². The molecule has 0 aliphatic heterocycles. The molecule has 8 nitrogen and oxygen atoms in total. The van der Waals surface area contributed by atoms with Crippen molar-refractivity contribution < 1.29 is 23.6 Å². The van der Waals surface area contributed by atoms with Gasteiger partial charge in [-0.05, 0) is 36.4 Å². The van der Waals surface area contributed by atoms with Crippen molar-refractivity contribution in [1.82, 2.24) is 4.98 Å². The fourth-order valence-electron chi connectivity index (χ4n) is 2.31. The normalized spacial score (nSPS) is 11.5. The zero-order valence-electron chi connectivity index (χ0n) is 13.9. The Kier molecular flexibility index (Phi) is 4.72. The standard InChI is InChI=1S/C16H16N3O5PS/c1-19(2)10-5-3-9(4-6-10)14(20)15-13(18-16(17)26-15)11-7-8-12(24-11)25(21,22)23/h3-8H,1-2H3,(H2,17,18)(H2,21,22,23). The number of hydrogen-bond donors (Lipinski definition) is 3. The molecular weight excluding hydrogens is 377 g/mol. The molecule has 1 aromatic carbocycles. The number of benzene rings is 1. The smallest absolute Gasteiger partial charge is 0.391 e. The number of thiazole rings is 1. The molecule has 0 saturated heterocycles. The molecule has 3 rings (SSSR count). The summed E-state index contributed by atoms with van der Waals surface area (Å²) in [6.45, 7) is 0. The fraction of sp³-hybridized carbons (Fsp3) is 0.125. The minimum Gasteiger partial charge on any atom is -0.446 e. The summed E-state index contributed by atoms with van der Waals surface area (Å²) < 4.78 is 16.5. The first kappa shape index (κ1) is 18.3. The molecule has 0 saturated carbocycles. The SMILES string of the molecule is CN(C)c1ccc(C(=O)c2sc(N)nc2-c2ccc(P(=O)(O)O)o2)cc1. The minimum absolute atomic E-state index is 0.0736. The fourth-order valence-corrected chi connectivity index (χ4v) is 3.60. The highest BCUT2D eigenvalue weighted by molar-refractivity contribution is 7.59. The molecular formula is C16H16N3O5PS. The quantitative estimate of drug-likeness (QED) is 0.444. The molecule has 0 aliphatic carbocycles. The summed E-state index contributed by atoms with van der Waals surface area (Å²) in [6, 6.07) is 9.54. The third-order valence-corrected chi connectivity index (χ3v) is 5.31. The lowest BCUT2D eigenvalue weighted by Crippen LogP contribution is -2.09. The molecule has 0 atom stereocenters. The van der Waals surface area contributed by atoms with Gasteiger partial charge in [-0.3, -0.25) is 9.36 Å². The number of aromatic nitrogens is 1. The van der Waals surface area contributed by atoms with Crippen LogP contribution in [0.1, 0.15) is 15.2 Å². The van der Waals surface area contributed by atoms with E-state index in [0.29, 0.717) is 5.56 Å². The van der Waals surface area contributed by atoms with Gasteiger partial charge in [0.1, 0.15) is 10.6 Å². The first-order valence-electron chi connectivity index (χ1n) is 7.41. The Morgan fingerprint density at radius 1 is 1.19 bits per heavy atom. The highest BCUT2D eigenvalue weighted by Gasteiger charge is 2.26. The number of nitrogens with zero attached hydrogens (tertiary/aromatic N) is 2. The lowest BCUT2D eigenvalue weighted by molar-refractivity contribution is 0.104. The lowest BCUT2D eigenvalue weighted by Gasteiger charge is -2.12. The van der Waals surface area contributed by atoms with Crippen LogP contribution in [0, 0.1) is 0 Å². The van der Waals surface area contributed by atoms with Gasteiger partial charge in [-0.25, -0.2) is 4.98 Å². The highest BCUT2D eigenvalue weighted by atomic mass is 32.1. The number of nitrogen functional groups attached to an aromatic ring is 1. The number of rotatable bonds is 5. The lowest BCUT2D eigenvalue weighted by atomic mass is 10.1. The van der Waals surface area contributed by atoms with Crippen molar-refractivity contribution in [3.05, 3.63) is 46.8 Å². The van der Waals surface area contributed by atoms with Crippen molar-refractivity contribution >= 4 is 41.0 Å². The van der Waals surface area contributed by atoms with Gasteiger partial charge in [-0.15, -0.1) is 0 Å². The molecule has 0 unspecified atom stereocenters. The summed E-state index contributed by atoms with van der Waals surface area (Å²) in [6.07, 6.45) is 0. The van der Waals surface area contributed by atoms with Crippen LogP contribution < -0.4 is 16.1 Å². The highest BCUT2D eigenvalue weighted by Crippen LogP contribution is 2.37. The topological polar surface area (TPSA) is 130 Å². The average Bonchev–Trinajstić information content (AvgIpc) is 3.20. The van der Waals surface area contributed by atoms with Crippen LogP contribution in [-0.4, -0.2) is 34.6 Å². The summed E-state index contributed by atoms with van der Waals surface area (Å²) in [5.41, 5.74) is 6.80. The molecule has 0 amide bonds. The number of anilines is 2. The summed E-state index contributed by atoms with van der Waals surface area (Å²) in [5.74, 6) is -0.224. The van der Waals surface area contributed by atoms with Crippen molar-refractivity contribution in [2.45, 2.75) is 0 Å². The van der Waals surface area contributed by atoms with Gasteiger partial charge in [0, 0.05) is 25.3 Å². The molecule has 4 N–H and O–H groups in total. The van der Waals surface area contributed by atoms with Crippen LogP contribution in [0.25, 0.3) is 11.5 Å². The Morgan fingerprint density at radius 2 is 1.85 bits per heavy atom. The van der Waals surface area contributed by atoms with Crippen LogP contribution in [0.5, 0.6) is 0 Å². The van der Waals surface area contributed by atoms with E-state index in [1.165, 1.54) is 6.07 Å². The van der Waals surface area contributed by atoms with Gasteiger partial charge in [0.2, 0.25) is 11.3 Å². The van der Waals surface area contributed by atoms with Gasteiger partial charge in [0.15, 0.2) is 10.9 Å². The van der Waals surface area contributed by atoms with Crippen LogP contribution in [-0.2, 0) is 4.57 Å². The largest absolute Gasteiger partial charge is 0.446 e. The molecule has 2 aromatic heterocycles. The molecule has 0 bridgehead atoms. The second-order valence-electron chi connectivity index (χ2n) is 5.68. The van der Waals surface area contributed by atoms with Crippen molar-refractivity contribution in [1.29, 1.82) is 0 Å². The summed E-state index contributed by atoms with van der Waals surface area (Å²) in [4.78, 5) is 37.5. The number of furan rings is 1. The van der Waals surface area contributed by atoms with Gasteiger partial charge in [-0.2, -0.15) is 0 Å². The van der Waals surface area contributed by atoms with Gasteiger partial charge in [0.25, 0.3) is 0 Å². The van der Waals surface area contributed by atoms with Crippen molar-refractivity contribution in [3.8, 4) is 11.5 Å². The predicted octanol–water partition coefficient (Wildman–Crippen LogP) is 2.09. The monoisotopic (exact) mass is 393 g/mol. The van der Waals surface area contributed by atoms with Gasteiger partial charge < -0.3 is 24.8 Å². The maximum atomic E-state index is 12.8. The molecule has 0 fully saturated rings. The summed E-state index contributed by atoms with van der Waals surface area (Å²) in [5, 5.41) is 0.155. The van der Waals surface area contributed by atoms with Crippen LogP contribution in [0.15, 0.2) is 40.8 Å². The van der Waals surface area contributed by atoms with Crippen molar-refractivity contribution in [2.75, 3.05) is 24.7 Å². The van der Waals surface area contributed by atoms with Gasteiger partial charge >= 0.3 is 7.60 Å². The van der Waals surface area contributed by atoms with Crippen LogP contribution in [0.2, 0.25) is 0 Å². The second kappa shape index (κ2) is 6.69. The molecule has 3 aromatic rings. The van der Waals surface area contributed by atoms with Crippen LogP contribution in [0.4, 0.5) is 10.8 Å². The first-order chi connectivity index (χ1) is 12.2. The van der Waals surface area contributed by atoms with E-state index in [4.69, 9.17) is 10.2 Å². The third kappa shape index (κ3) is 3.56. The van der Waals surface area contributed by atoms with E-state index in [9.17, 15) is 19.1 Å². The number of carbonyl (C=O) groups excluding carboxylic acids is 1. The number of ketones is 1. The molecule has 136 valence electrons. The van der Waals surface area contributed by atoms with E-state index in [1.54, 1.807) is 12.1 Å².